The minimum atomic E-state index is -3.58. The Bertz CT molecular complexity index is 770. The summed E-state index contributed by atoms with van der Waals surface area (Å²) in [5.41, 5.74) is 4.42. The minimum Gasteiger partial charge on any atom is -0.280 e. The number of hydrogen-bond donors (Lipinski definition) is 1. The molecule has 3 nitrogen and oxygen atoms in total. The third-order valence-electron chi connectivity index (χ3n) is 4.22. The number of rotatable bonds is 5. The monoisotopic (exact) mass is 331 g/mol. The second kappa shape index (κ2) is 6.75. The molecule has 0 unspecified atom stereocenters. The molecule has 0 aliphatic rings. The van der Waals surface area contributed by atoms with Gasteiger partial charge in [-0.15, -0.1) is 0 Å². The van der Waals surface area contributed by atoms with Crippen molar-refractivity contribution in [3.05, 3.63) is 58.7 Å². The zero-order valence-electron chi connectivity index (χ0n) is 14.5. The maximum Gasteiger partial charge on any atom is 0.262 e. The van der Waals surface area contributed by atoms with Crippen LogP contribution in [0.5, 0.6) is 0 Å². The van der Waals surface area contributed by atoms with E-state index in [1.807, 2.05) is 57.2 Å². The van der Waals surface area contributed by atoms with Crippen molar-refractivity contribution in [3.8, 4) is 0 Å². The maximum absolute atomic E-state index is 12.7. The van der Waals surface area contributed by atoms with E-state index >= 15 is 0 Å². The van der Waals surface area contributed by atoms with Crippen molar-refractivity contribution in [2.45, 2.75) is 51.9 Å². The van der Waals surface area contributed by atoms with Crippen molar-refractivity contribution < 1.29 is 8.42 Å². The van der Waals surface area contributed by atoms with Crippen molar-refractivity contribution in [2.24, 2.45) is 0 Å². The number of anilines is 1. The van der Waals surface area contributed by atoms with Crippen molar-refractivity contribution in [1.82, 2.24) is 0 Å². The predicted molar refractivity (Wildman–Crippen MR) is 96.6 cm³/mol. The molecule has 0 saturated carbocycles. The van der Waals surface area contributed by atoms with Crippen LogP contribution < -0.4 is 4.72 Å². The van der Waals surface area contributed by atoms with Crippen LogP contribution in [0.1, 0.15) is 48.4 Å². The van der Waals surface area contributed by atoms with Gasteiger partial charge in [0.1, 0.15) is 0 Å². The molecule has 0 radical (unpaired) electrons. The van der Waals surface area contributed by atoms with E-state index in [9.17, 15) is 8.42 Å². The van der Waals surface area contributed by atoms with Crippen LogP contribution in [0.25, 0.3) is 0 Å². The largest absolute Gasteiger partial charge is 0.280 e. The highest BCUT2D eigenvalue weighted by atomic mass is 32.2. The lowest BCUT2D eigenvalue weighted by Crippen LogP contribution is -2.16. The van der Waals surface area contributed by atoms with Crippen molar-refractivity contribution >= 4 is 15.7 Å². The predicted octanol–water partition coefficient (Wildman–Crippen LogP) is 4.93. The summed E-state index contributed by atoms with van der Waals surface area (Å²) in [6.45, 7) is 9.95. The van der Waals surface area contributed by atoms with Crippen molar-refractivity contribution in [1.29, 1.82) is 0 Å². The van der Waals surface area contributed by atoms with Gasteiger partial charge in [0, 0.05) is 5.69 Å². The second-order valence-electron chi connectivity index (χ2n) is 6.26. The van der Waals surface area contributed by atoms with Gasteiger partial charge in [0.05, 0.1) is 4.90 Å². The summed E-state index contributed by atoms with van der Waals surface area (Å²) in [5, 5.41) is 0. The Balaban J connectivity index is 2.32. The number of hydrogen-bond acceptors (Lipinski definition) is 2. The summed E-state index contributed by atoms with van der Waals surface area (Å²) in [4.78, 5) is 0.370. The first-order chi connectivity index (χ1) is 10.7. The van der Waals surface area contributed by atoms with Gasteiger partial charge in [0.25, 0.3) is 10.0 Å². The Hall–Kier alpha value is -1.81. The van der Waals surface area contributed by atoms with Crippen molar-refractivity contribution in [3.63, 3.8) is 0 Å². The molecule has 0 bridgehead atoms. The number of aryl methyl sites for hydroxylation is 3. The molecule has 124 valence electrons. The Labute approximate surface area is 139 Å². The summed E-state index contributed by atoms with van der Waals surface area (Å²) < 4.78 is 28.1. The summed E-state index contributed by atoms with van der Waals surface area (Å²) >= 11 is 0. The van der Waals surface area contributed by atoms with E-state index in [2.05, 4.69) is 18.6 Å². The minimum absolute atomic E-state index is 0.370. The van der Waals surface area contributed by atoms with E-state index in [1.54, 1.807) is 0 Å². The van der Waals surface area contributed by atoms with Crippen LogP contribution >= 0.6 is 0 Å². The van der Waals surface area contributed by atoms with Crippen LogP contribution in [0.15, 0.2) is 41.3 Å². The molecule has 2 rings (SSSR count). The van der Waals surface area contributed by atoms with Crippen LogP contribution in [-0.2, 0) is 10.0 Å². The zero-order chi connectivity index (χ0) is 17.2. The van der Waals surface area contributed by atoms with Gasteiger partial charge in [-0.05, 0) is 61.9 Å². The highest BCUT2D eigenvalue weighted by molar-refractivity contribution is 7.92. The van der Waals surface area contributed by atoms with E-state index < -0.39 is 10.0 Å². The SMILES string of the molecule is CC[C@H](C)c1ccc(NS(=O)(=O)c2c(C)cc(C)cc2C)cc1. The summed E-state index contributed by atoms with van der Waals surface area (Å²) in [5.74, 6) is 0.474. The van der Waals surface area contributed by atoms with E-state index in [4.69, 9.17) is 0 Å². The third-order valence-corrected chi connectivity index (χ3v) is 5.90. The normalized spacial score (nSPS) is 12.9. The molecule has 0 amide bonds. The Morgan fingerprint density at radius 2 is 1.52 bits per heavy atom. The topological polar surface area (TPSA) is 46.2 Å². The van der Waals surface area contributed by atoms with Gasteiger partial charge in [-0.1, -0.05) is 43.7 Å². The summed E-state index contributed by atoms with van der Waals surface area (Å²) in [6.07, 6.45) is 1.06. The fraction of sp³-hybridized carbons (Fsp3) is 0.368. The Morgan fingerprint density at radius 1 is 1.00 bits per heavy atom. The Kier molecular flexibility index (Phi) is 5.15. The highest BCUT2D eigenvalue weighted by Gasteiger charge is 2.20. The molecule has 4 heteroatoms. The average molecular weight is 331 g/mol. The van der Waals surface area contributed by atoms with E-state index in [1.165, 1.54) is 5.56 Å². The standard InChI is InChI=1S/C19H25NO2S/c1-6-14(3)17-7-9-18(10-8-17)20-23(21,22)19-15(4)11-13(2)12-16(19)5/h7-12,14,20H,6H2,1-5H3/t14-/m0/s1. The quantitative estimate of drug-likeness (QED) is 0.844. The van der Waals surface area contributed by atoms with Gasteiger partial charge >= 0.3 is 0 Å². The molecular weight excluding hydrogens is 306 g/mol. The molecular formula is C19H25NO2S. The van der Waals surface area contributed by atoms with Gasteiger partial charge in [0.2, 0.25) is 0 Å². The first kappa shape index (κ1) is 17.5. The van der Waals surface area contributed by atoms with Gasteiger partial charge < -0.3 is 0 Å². The maximum atomic E-state index is 12.7. The smallest absolute Gasteiger partial charge is 0.262 e. The molecule has 1 atom stereocenters. The van der Waals surface area contributed by atoms with Crippen molar-refractivity contribution in [2.75, 3.05) is 4.72 Å². The fourth-order valence-electron chi connectivity index (χ4n) is 2.91. The molecule has 1 N–H and O–H groups in total. The lowest BCUT2D eigenvalue weighted by molar-refractivity contribution is 0.600. The van der Waals surface area contributed by atoms with Crippen LogP contribution in [0, 0.1) is 20.8 Å². The van der Waals surface area contributed by atoms with E-state index in [0.717, 1.165) is 23.1 Å². The third kappa shape index (κ3) is 3.94. The molecule has 0 aromatic heterocycles. The summed E-state index contributed by atoms with van der Waals surface area (Å²) in [7, 11) is -3.58. The number of sulfonamides is 1. The molecule has 23 heavy (non-hydrogen) atoms. The van der Waals surface area contributed by atoms with E-state index in [0.29, 0.717) is 16.5 Å². The number of benzene rings is 2. The van der Waals surface area contributed by atoms with Gasteiger partial charge in [0.15, 0.2) is 0 Å². The first-order valence-electron chi connectivity index (χ1n) is 7.95. The fourth-order valence-corrected chi connectivity index (χ4v) is 4.43. The molecule has 2 aromatic carbocycles. The van der Waals surface area contributed by atoms with Gasteiger partial charge in [-0.2, -0.15) is 0 Å². The van der Waals surface area contributed by atoms with Crippen LogP contribution in [0.4, 0.5) is 5.69 Å². The molecule has 0 spiro atoms. The van der Waals surface area contributed by atoms with Gasteiger partial charge in [-0.3, -0.25) is 4.72 Å². The average Bonchev–Trinajstić information content (AvgIpc) is 2.45. The molecule has 0 heterocycles. The highest BCUT2D eigenvalue weighted by Crippen LogP contribution is 2.25. The summed E-state index contributed by atoms with van der Waals surface area (Å²) in [6, 6.07) is 11.4. The first-order valence-corrected chi connectivity index (χ1v) is 9.43. The lowest BCUT2D eigenvalue weighted by atomic mass is 9.99. The molecule has 0 aliphatic heterocycles. The number of nitrogens with one attached hydrogen (secondary N) is 1. The molecule has 2 aromatic rings. The Morgan fingerprint density at radius 3 is 2.00 bits per heavy atom. The van der Waals surface area contributed by atoms with Crippen LogP contribution in [0.3, 0.4) is 0 Å². The molecule has 0 fully saturated rings. The van der Waals surface area contributed by atoms with Crippen LogP contribution in [0.2, 0.25) is 0 Å². The van der Waals surface area contributed by atoms with Crippen LogP contribution in [-0.4, -0.2) is 8.42 Å². The second-order valence-corrected chi connectivity index (χ2v) is 7.88. The van der Waals surface area contributed by atoms with Gasteiger partial charge in [-0.25, -0.2) is 8.42 Å². The lowest BCUT2D eigenvalue weighted by Gasteiger charge is -2.15. The zero-order valence-corrected chi connectivity index (χ0v) is 15.3. The van der Waals surface area contributed by atoms with E-state index in [-0.39, 0.29) is 0 Å². The molecule has 0 aliphatic carbocycles. The molecule has 0 saturated heterocycles.